The van der Waals surface area contributed by atoms with Crippen LogP contribution in [0.5, 0.6) is 0 Å². The monoisotopic (exact) mass is 578 g/mol. The minimum absolute atomic E-state index is 0.0599. The Hall–Kier alpha value is -4.46. The smallest absolute Gasteiger partial charge is 0.254 e. The molecule has 1 heterocycles. The third-order valence-corrected chi connectivity index (χ3v) is 7.67. The fourth-order valence-corrected chi connectivity index (χ4v) is 5.27. The van der Waals surface area contributed by atoms with E-state index in [9.17, 15) is 4.79 Å². The molecule has 4 aromatic carbocycles. The van der Waals surface area contributed by atoms with Gasteiger partial charge in [-0.05, 0) is 59.9 Å². The standard InChI is InChI=1S/C34H35ClN6O/c35-29-14-8-25(9-15-29)18-20-41-31-16-13-28(34(42)40(21-19-36)23-26-4-2-1-3-5-26)22-30(31)39-32(41)17-10-24-6-11-27(12-7-24)33(37)38/h1-9,11-16,22H,10,17-21,23,36H2,(H3,37,38). The molecule has 214 valence electrons. The average Bonchev–Trinajstić information content (AvgIpc) is 3.36. The number of imidazole rings is 1. The normalized spacial score (nSPS) is 11.1. The number of hydrogen-bond acceptors (Lipinski definition) is 4. The van der Waals surface area contributed by atoms with E-state index in [1.807, 2.05) is 97.1 Å². The number of carbonyl (C=O) groups excluding carboxylic acids is 1. The Morgan fingerprint density at radius 2 is 1.50 bits per heavy atom. The van der Waals surface area contributed by atoms with Crippen molar-refractivity contribution in [1.82, 2.24) is 14.5 Å². The molecule has 0 bridgehead atoms. The van der Waals surface area contributed by atoms with Crippen LogP contribution in [0.3, 0.4) is 0 Å². The fraction of sp³-hybridized carbons (Fsp3) is 0.206. The summed E-state index contributed by atoms with van der Waals surface area (Å²) in [5.74, 6) is 0.959. The molecule has 0 aliphatic rings. The third-order valence-electron chi connectivity index (χ3n) is 7.42. The summed E-state index contributed by atoms with van der Waals surface area (Å²) >= 11 is 6.10. The Bertz CT molecular complexity index is 1660. The maximum absolute atomic E-state index is 13.6. The number of benzene rings is 4. The maximum Gasteiger partial charge on any atom is 0.254 e. The Kier molecular flexibility index (Phi) is 9.31. The number of nitrogens with two attached hydrogens (primary N) is 2. The van der Waals surface area contributed by atoms with Gasteiger partial charge >= 0.3 is 0 Å². The molecule has 5 N–H and O–H groups in total. The minimum atomic E-state index is -0.0611. The van der Waals surface area contributed by atoms with Crippen molar-refractivity contribution >= 4 is 34.4 Å². The largest absolute Gasteiger partial charge is 0.384 e. The molecule has 0 saturated heterocycles. The van der Waals surface area contributed by atoms with Crippen LogP contribution in [0.25, 0.3) is 11.0 Å². The van der Waals surface area contributed by atoms with Gasteiger partial charge in [0.2, 0.25) is 0 Å². The predicted molar refractivity (Wildman–Crippen MR) is 170 cm³/mol. The molecule has 8 heteroatoms. The molecule has 42 heavy (non-hydrogen) atoms. The van der Waals surface area contributed by atoms with Crippen molar-refractivity contribution in [3.8, 4) is 0 Å². The van der Waals surface area contributed by atoms with E-state index >= 15 is 0 Å². The van der Waals surface area contributed by atoms with E-state index in [-0.39, 0.29) is 11.7 Å². The van der Waals surface area contributed by atoms with Crippen LogP contribution in [-0.4, -0.2) is 39.3 Å². The molecule has 0 spiro atoms. The van der Waals surface area contributed by atoms with E-state index < -0.39 is 0 Å². The highest BCUT2D eigenvalue weighted by Gasteiger charge is 2.19. The minimum Gasteiger partial charge on any atom is -0.384 e. The number of hydrogen-bond donors (Lipinski definition) is 3. The SMILES string of the molecule is N=C(N)c1ccc(CCc2nc3cc(C(=O)N(CCN)Cc4ccccc4)ccc3n2CCc2ccc(Cl)cc2)cc1. The predicted octanol–water partition coefficient (Wildman–Crippen LogP) is 5.60. The lowest BCUT2D eigenvalue weighted by atomic mass is 10.1. The van der Waals surface area contributed by atoms with Crippen LogP contribution in [0.2, 0.25) is 5.02 Å². The van der Waals surface area contributed by atoms with E-state index in [0.717, 1.165) is 58.8 Å². The van der Waals surface area contributed by atoms with Crippen LogP contribution in [-0.2, 0) is 32.4 Å². The van der Waals surface area contributed by atoms with Gasteiger partial charge in [0.15, 0.2) is 0 Å². The summed E-state index contributed by atoms with van der Waals surface area (Å²) in [7, 11) is 0. The number of carbonyl (C=O) groups is 1. The lowest BCUT2D eigenvalue weighted by Crippen LogP contribution is -2.34. The topological polar surface area (TPSA) is 114 Å². The number of aryl methyl sites for hydroxylation is 4. The van der Waals surface area contributed by atoms with Gasteiger partial charge in [0.25, 0.3) is 5.91 Å². The number of nitrogen functional groups attached to an aromatic ring is 1. The first kappa shape index (κ1) is 29.0. The lowest BCUT2D eigenvalue weighted by molar-refractivity contribution is 0.0748. The number of halogens is 1. The summed E-state index contributed by atoms with van der Waals surface area (Å²) in [6, 6.07) is 31.4. The number of nitrogens with zero attached hydrogens (tertiary/aromatic N) is 3. The van der Waals surface area contributed by atoms with Gasteiger partial charge in [0.05, 0.1) is 11.0 Å². The molecule has 1 aromatic heterocycles. The van der Waals surface area contributed by atoms with Gasteiger partial charge in [-0.3, -0.25) is 10.2 Å². The summed E-state index contributed by atoms with van der Waals surface area (Å²) in [6.45, 7) is 2.10. The zero-order valence-electron chi connectivity index (χ0n) is 23.5. The van der Waals surface area contributed by atoms with Gasteiger partial charge < -0.3 is 20.9 Å². The van der Waals surface area contributed by atoms with Crippen LogP contribution in [0.1, 0.15) is 38.4 Å². The molecule has 0 aliphatic carbocycles. The molecule has 1 amide bonds. The van der Waals surface area contributed by atoms with E-state index in [1.165, 1.54) is 5.56 Å². The van der Waals surface area contributed by atoms with Crippen molar-refractivity contribution in [1.29, 1.82) is 5.41 Å². The van der Waals surface area contributed by atoms with Crippen molar-refractivity contribution in [2.24, 2.45) is 11.5 Å². The van der Waals surface area contributed by atoms with Gasteiger partial charge in [0, 0.05) is 48.7 Å². The van der Waals surface area contributed by atoms with Gasteiger partial charge in [-0.15, -0.1) is 0 Å². The molecule has 0 radical (unpaired) electrons. The number of amidine groups is 1. The lowest BCUT2D eigenvalue weighted by Gasteiger charge is -2.22. The molecule has 5 aromatic rings. The zero-order valence-corrected chi connectivity index (χ0v) is 24.2. The average molecular weight is 579 g/mol. The Morgan fingerprint density at radius 3 is 2.19 bits per heavy atom. The third kappa shape index (κ3) is 7.05. The van der Waals surface area contributed by atoms with Gasteiger partial charge in [-0.2, -0.15) is 0 Å². The van der Waals surface area contributed by atoms with E-state index in [1.54, 1.807) is 4.90 Å². The van der Waals surface area contributed by atoms with Crippen LogP contribution < -0.4 is 11.5 Å². The Balaban J connectivity index is 1.42. The number of nitrogens with one attached hydrogen (secondary N) is 1. The first-order chi connectivity index (χ1) is 20.4. The second-order valence-corrected chi connectivity index (χ2v) is 10.8. The van der Waals surface area contributed by atoms with Gasteiger partial charge in [-0.25, -0.2) is 4.98 Å². The van der Waals surface area contributed by atoms with Gasteiger partial charge in [-0.1, -0.05) is 78.3 Å². The van der Waals surface area contributed by atoms with Crippen LogP contribution >= 0.6 is 11.6 Å². The highest BCUT2D eigenvalue weighted by Crippen LogP contribution is 2.22. The Labute approximate surface area is 251 Å². The quantitative estimate of drug-likeness (QED) is 0.132. The second-order valence-electron chi connectivity index (χ2n) is 10.4. The number of fused-ring (bicyclic) bond motifs is 1. The molecule has 0 aliphatic heterocycles. The van der Waals surface area contributed by atoms with Crippen molar-refractivity contribution in [3.63, 3.8) is 0 Å². The molecular weight excluding hydrogens is 544 g/mol. The Morgan fingerprint density at radius 1 is 0.833 bits per heavy atom. The number of amides is 1. The van der Waals surface area contributed by atoms with Crippen molar-refractivity contribution in [2.45, 2.75) is 32.4 Å². The van der Waals surface area contributed by atoms with Crippen LogP contribution in [0.15, 0.2) is 97.1 Å². The van der Waals surface area contributed by atoms with Gasteiger partial charge in [0.1, 0.15) is 11.7 Å². The molecular formula is C34H35ClN6O. The van der Waals surface area contributed by atoms with Crippen molar-refractivity contribution < 1.29 is 4.79 Å². The molecule has 0 unspecified atom stereocenters. The molecule has 0 atom stereocenters. The number of aromatic nitrogens is 2. The van der Waals surface area contributed by atoms with Crippen molar-refractivity contribution in [2.75, 3.05) is 13.1 Å². The summed E-state index contributed by atoms with van der Waals surface area (Å²) in [5, 5.41) is 8.36. The second kappa shape index (κ2) is 13.5. The zero-order chi connectivity index (χ0) is 29.5. The highest BCUT2D eigenvalue weighted by atomic mass is 35.5. The molecule has 0 saturated carbocycles. The van der Waals surface area contributed by atoms with Crippen molar-refractivity contribution in [3.05, 3.63) is 136 Å². The van der Waals surface area contributed by atoms with Crippen LogP contribution in [0.4, 0.5) is 0 Å². The summed E-state index contributed by atoms with van der Waals surface area (Å²) in [5.41, 5.74) is 18.0. The van der Waals surface area contributed by atoms with Crippen LogP contribution in [0, 0.1) is 5.41 Å². The van der Waals surface area contributed by atoms with E-state index in [2.05, 4.69) is 4.57 Å². The number of rotatable bonds is 12. The maximum atomic E-state index is 13.6. The summed E-state index contributed by atoms with van der Waals surface area (Å²) in [6.07, 6.45) is 2.34. The molecule has 0 fully saturated rings. The molecule has 7 nitrogen and oxygen atoms in total. The van der Waals surface area contributed by atoms with E-state index in [4.69, 9.17) is 33.5 Å². The summed E-state index contributed by atoms with van der Waals surface area (Å²) in [4.78, 5) is 20.4. The molecule has 5 rings (SSSR count). The highest BCUT2D eigenvalue weighted by molar-refractivity contribution is 6.30. The van der Waals surface area contributed by atoms with E-state index in [0.29, 0.717) is 30.8 Å². The first-order valence-corrected chi connectivity index (χ1v) is 14.5. The summed E-state index contributed by atoms with van der Waals surface area (Å²) < 4.78 is 2.25. The fourth-order valence-electron chi connectivity index (χ4n) is 5.15. The first-order valence-electron chi connectivity index (χ1n) is 14.1.